The van der Waals surface area contributed by atoms with Crippen LogP contribution in [0.4, 0.5) is 17.6 Å². The summed E-state index contributed by atoms with van der Waals surface area (Å²) in [5, 5.41) is -2.54. The topological polar surface area (TPSA) is 29.1 Å². The molecule has 0 aromatic heterocycles. The fraction of sp³-hybridized carbons (Fsp3) is 0.364. The number of carbonyl (C=O) groups excluding carboxylic acids is 1. The first-order chi connectivity index (χ1) is 8.16. The maximum Gasteiger partial charge on any atom is 0.446 e. The highest BCUT2D eigenvalue weighted by Crippen LogP contribution is 2.38. The molecule has 1 N–H and O–H groups in total. The number of carbonyl (C=O) groups is 1. The Kier molecular flexibility index (Phi) is 4.21. The molecule has 1 aromatic carbocycles. The van der Waals surface area contributed by atoms with Crippen LogP contribution >= 0.6 is 11.6 Å². The first-order valence-electron chi connectivity index (χ1n) is 4.96. The summed E-state index contributed by atoms with van der Waals surface area (Å²) in [6.45, 7) is 1.43. The third-order valence-electron chi connectivity index (χ3n) is 2.29. The molecule has 0 aliphatic carbocycles. The molecular weight excluding hydrogens is 274 g/mol. The molecule has 0 saturated heterocycles. The van der Waals surface area contributed by atoms with Gasteiger partial charge in [0.05, 0.1) is 6.04 Å². The second-order valence-corrected chi connectivity index (χ2v) is 4.20. The number of alkyl halides is 5. The molecule has 18 heavy (non-hydrogen) atoms. The first kappa shape index (κ1) is 14.8. The summed E-state index contributed by atoms with van der Waals surface area (Å²) in [4.78, 5) is 11.2. The predicted octanol–water partition coefficient (Wildman–Crippen LogP) is 3.33. The van der Waals surface area contributed by atoms with E-state index in [0.717, 1.165) is 0 Å². The molecular formula is C11H10ClF4NO. The quantitative estimate of drug-likeness (QED) is 0.669. The SMILES string of the molecule is C[C@H](NC(=O)[C@@](F)(Cl)C(F)(F)F)c1ccccc1. The zero-order chi connectivity index (χ0) is 14.0. The third kappa shape index (κ3) is 3.13. The molecule has 0 bridgehead atoms. The summed E-state index contributed by atoms with van der Waals surface area (Å²) < 4.78 is 49.6. The highest BCUT2D eigenvalue weighted by Gasteiger charge is 2.61. The molecule has 0 fully saturated rings. The van der Waals surface area contributed by atoms with E-state index in [2.05, 4.69) is 11.6 Å². The van der Waals surface area contributed by atoms with Crippen LogP contribution in [0.3, 0.4) is 0 Å². The molecule has 0 radical (unpaired) electrons. The fourth-order valence-corrected chi connectivity index (χ4v) is 1.30. The van der Waals surface area contributed by atoms with Crippen molar-refractivity contribution in [1.82, 2.24) is 5.32 Å². The summed E-state index contributed by atoms with van der Waals surface area (Å²) in [6.07, 6.45) is -5.46. The molecule has 100 valence electrons. The highest BCUT2D eigenvalue weighted by molar-refractivity contribution is 6.34. The van der Waals surface area contributed by atoms with Crippen molar-refractivity contribution in [2.24, 2.45) is 0 Å². The molecule has 1 rings (SSSR count). The van der Waals surface area contributed by atoms with Crippen LogP contribution in [0.1, 0.15) is 18.5 Å². The van der Waals surface area contributed by atoms with Crippen molar-refractivity contribution < 1.29 is 22.4 Å². The van der Waals surface area contributed by atoms with Gasteiger partial charge in [0.25, 0.3) is 5.91 Å². The first-order valence-corrected chi connectivity index (χ1v) is 5.34. The molecule has 7 heteroatoms. The number of hydrogen-bond acceptors (Lipinski definition) is 1. The average Bonchev–Trinajstić information content (AvgIpc) is 2.28. The molecule has 1 aromatic rings. The van der Waals surface area contributed by atoms with Gasteiger partial charge in [-0.25, -0.2) is 4.39 Å². The van der Waals surface area contributed by atoms with Crippen molar-refractivity contribution in [2.75, 3.05) is 0 Å². The average molecular weight is 284 g/mol. The summed E-state index contributed by atoms with van der Waals surface area (Å²) in [5.74, 6) is -1.92. The number of halogens is 5. The molecule has 0 aliphatic rings. The van der Waals surface area contributed by atoms with Gasteiger partial charge in [0.15, 0.2) is 0 Å². The summed E-state index contributed by atoms with van der Waals surface area (Å²) >= 11 is 4.59. The van der Waals surface area contributed by atoms with E-state index in [-0.39, 0.29) is 0 Å². The van der Waals surface area contributed by atoms with E-state index in [1.54, 1.807) is 30.3 Å². The minimum Gasteiger partial charge on any atom is -0.345 e. The van der Waals surface area contributed by atoms with Gasteiger partial charge in [-0.1, -0.05) is 41.9 Å². The van der Waals surface area contributed by atoms with Crippen molar-refractivity contribution in [2.45, 2.75) is 24.3 Å². The van der Waals surface area contributed by atoms with Crippen LogP contribution in [0.5, 0.6) is 0 Å². The second-order valence-electron chi connectivity index (χ2n) is 3.68. The Morgan fingerprint density at radius 1 is 1.22 bits per heavy atom. The van der Waals surface area contributed by atoms with Gasteiger partial charge in [-0.3, -0.25) is 4.79 Å². The monoisotopic (exact) mass is 283 g/mol. The van der Waals surface area contributed by atoms with Crippen LogP contribution in [0, 0.1) is 0 Å². The van der Waals surface area contributed by atoms with Crippen molar-refractivity contribution in [3.63, 3.8) is 0 Å². The van der Waals surface area contributed by atoms with Crippen LogP contribution in [0.25, 0.3) is 0 Å². The minimum absolute atomic E-state index is 0.542. The van der Waals surface area contributed by atoms with Crippen LogP contribution in [-0.2, 0) is 4.79 Å². The van der Waals surface area contributed by atoms with Gasteiger partial charge in [0.1, 0.15) is 0 Å². The Morgan fingerprint density at radius 3 is 2.17 bits per heavy atom. The van der Waals surface area contributed by atoms with Gasteiger partial charge >= 0.3 is 11.3 Å². The van der Waals surface area contributed by atoms with Crippen molar-refractivity contribution in [1.29, 1.82) is 0 Å². The fourth-order valence-electron chi connectivity index (χ4n) is 1.24. The molecule has 0 unspecified atom stereocenters. The van der Waals surface area contributed by atoms with Crippen LogP contribution < -0.4 is 5.32 Å². The summed E-state index contributed by atoms with van der Waals surface area (Å²) in [7, 11) is 0. The van der Waals surface area contributed by atoms with Crippen LogP contribution in [-0.4, -0.2) is 17.2 Å². The number of rotatable bonds is 3. The van der Waals surface area contributed by atoms with E-state index in [0.29, 0.717) is 5.56 Å². The van der Waals surface area contributed by atoms with E-state index in [9.17, 15) is 22.4 Å². The lowest BCUT2D eigenvalue weighted by Gasteiger charge is -2.23. The maximum absolute atomic E-state index is 13.1. The number of hydrogen-bond donors (Lipinski definition) is 1. The Balaban J connectivity index is 2.78. The second kappa shape index (κ2) is 5.14. The number of benzene rings is 1. The zero-order valence-electron chi connectivity index (χ0n) is 9.26. The molecule has 0 spiro atoms. The molecule has 1 amide bonds. The number of nitrogens with one attached hydrogen (secondary N) is 1. The lowest BCUT2D eigenvalue weighted by atomic mass is 10.1. The standard InChI is InChI=1S/C11H10ClF4NO/c1-7(8-5-3-2-4-6-8)17-9(18)10(12,13)11(14,15)16/h2-7H,1H3,(H,17,18)/t7-,10-/m0/s1. The van der Waals surface area contributed by atoms with Gasteiger partial charge in [-0.05, 0) is 12.5 Å². The molecule has 0 saturated carbocycles. The van der Waals surface area contributed by atoms with E-state index >= 15 is 0 Å². The molecule has 2 atom stereocenters. The van der Waals surface area contributed by atoms with Crippen molar-refractivity contribution >= 4 is 17.5 Å². The molecule has 2 nitrogen and oxygen atoms in total. The van der Waals surface area contributed by atoms with Crippen molar-refractivity contribution in [3.8, 4) is 0 Å². The van der Waals surface area contributed by atoms with E-state index < -0.39 is 23.3 Å². The van der Waals surface area contributed by atoms with Gasteiger partial charge in [0, 0.05) is 0 Å². The van der Waals surface area contributed by atoms with Crippen LogP contribution in [0.15, 0.2) is 30.3 Å². The van der Waals surface area contributed by atoms with Crippen molar-refractivity contribution in [3.05, 3.63) is 35.9 Å². The van der Waals surface area contributed by atoms with Crippen LogP contribution in [0.2, 0.25) is 0 Å². The Bertz CT molecular complexity index is 419. The lowest BCUT2D eigenvalue weighted by Crippen LogP contribution is -2.50. The van der Waals surface area contributed by atoms with Gasteiger partial charge < -0.3 is 5.32 Å². The highest BCUT2D eigenvalue weighted by atomic mass is 35.5. The minimum atomic E-state index is -5.46. The smallest absolute Gasteiger partial charge is 0.345 e. The summed E-state index contributed by atoms with van der Waals surface area (Å²) in [5.41, 5.74) is 0.542. The van der Waals surface area contributed by atoms with E-state index in [1.165, 1.54) is 6.92 Å². The maximum atomic E-state index is 13.1. The largest absolute Gasteiger partial charge is 0.446 e. The Labute approximate surface area is 106 Å². The zero-order valence-corrected chi connectivity index (χ0v) is 10.0. The lowest BCUT2D eigenvalue weighted by molar-refractivity contribution is -0.201. The van der Waals surface area contributed by atoms with Gasteiger partial charge in [0.2, 0.25) is 0 Å². The number of amides is 1. The van der Waals surface area contributed by atoms with Gasteiger partial charge in [-0.15, -0.1) is 0 Å². The van der Waals surface area contributed by atoms with Gasteiger partial charge in [-0.2, -0.15) is 13.2 Å². The Morgan fingerprint density at radius 2 is 1.72 bits per heavy atom. The molecule has 0 aliphatic heterocycles. The molecule has 0 heterocycles. The summed E-state index contributed by atoms with van der Waals surface area (Å²) in [6, 6.07) is 7.39. The Hall–Kier alpha value is -1.30. The van der Waals surface area contributed by atoms with E-state index in [1.807, 2.05) is 5.32 Å². The third-order valence-corrected chi connectivity index (χ3v) is 2.67. The predicted molar refractivity (Wildman–Crippen MR) is 58.7 cm³/mol. The normalized spacial score (nSPS) is 16.8. The van der Waals surface area contributed by atoms with E-state index in [4.69, 9.17) is 0 Å².